The number of benzene rings is 3. The van der Waals surface area contributed by atoms with Crippen LogP contribution in [0, 0.1) is 13.0 Å². The topological polar surface area (TPSA) is 6.48 Å². The van der Waals surface area contributed by atoms with E-state index in [-0.39, 0.29) is 44.8 Å². The van der Waals surface area contributed by atoms with Gasteiger partial charge in [0.2, 0.25) is 0 Å². The van der Waals surface area contributed by atoms with Crippen LogP contribution in [-0.4, -0.2) is 24.0 Å². The van der Waals surface area contributed by atoms with Crippen molar-refractivity contribution in [2.75, 3.05) is 18.0 Å². The molecule has 0 spiro atoms. The summed E-state index contributed by atoms with van der Waals surface area (Å²) in [6.45, 7) is 10.6. The van der Waals surface area contributed by atoms with Crippen LogP contribution in [0.15, 0.2) is 79.0 Å². The average Bonchev–Trinajstić information content (AvgIpc) is 2.75. The zero-order valence-electron chi connectivity index (χ0n) is 17.9. The molecule has 1 radical (unpaired) electrons. The Hall–Kier alpha value is -1.32. The molecule has 0 amide bonds. The monoisotopic (exact) mass is 524 g/mol. The number of halogens is 2. The number of aryl methyl sites for hydroxylation is 1. The third-order valence-electron chi connectivity index (χ3n) is 5.77. The maximum absolute atomic E-state index is 6.15. The molecule has 3 aromatic rings. The first kappa shape index (κ1) is 24.3. The maximum atomic E-state index is 6.15. The van der Waals surface area contributed by atoms with Gasteiger partial charge in [-0.05, 0) is 42.3 Å². The second-order valence-corrected chi connectivity index (χ2v) is 8.59. The second-order valence-electron chi connectivity index (χ2n) is 7.72. The van der Waals surface area contributed by atoms with Crippen molar-refractivity contribution in [3.05, 3.63) is 112 Å². The molecule has 31 heavy (non-hydrogen) atoms. The van der Waals surface area contributed by atoms with E-state index in [0.29, 0.717) is 0 Å². The third-order valence-corrected chi connectivity index (χ3v) is 6.28. The molecule has 5 heteroatoms. The predicted octanol–water partition coefficient (Wildman–Crippen LogP) is 6.91. The Morgan fingerprint density at radius 2 is 1.58 bits per heavy atom. The van der Waals surface area contributed by atoms with Gasteiger partial charge in [-0.15, -0.1) is 6.07 Å². The Kier molecular flexibility index (Phi) is 8.27. The van der Waals surface area contributed by atoms with Gasteiger partial charge in [0.15, 0.2) is 0 Å². The number of anilines is 1. The van der Waals surface area contributed by atoms with E-state index in [1.165, 1.54) is 22.4 Å². The van der Waals surface area contributed by atoms with Gasteiger partial charge in [0.25, 0.3) is 0 Å². The molecule has 0 saturated carbocycles. The molecular weight excluding hydrogens is 500 g/mol. The third kappa shape index (κ3) is 5.20. The van der Waals surface area contributed by atoms with Crippen LogP contribution >= 0.6 is 23.2 Å². The standard InChI is InChI=1S/C26H25Cl2N2.Y/c1-4-29(24-7-5-6-18(2)16-24)25-17-30(19(25)3)26(20-8-12-22(27)13-9-20)21-10-14-23(28)15-11-21;/h6-16,25-26H,3-4,17H2,1-2H3;/q-1;. The molecule has 1 aliphatic heterocycles. The van der Waals surface area contributed by atoms with Crippen molar-refractivity contribution in [3.63, 3.8) is 0 Å². The van der Waals surface area contributed by atoms with Crippen LogP contribution in [0.25, 0.3) is 0 Å². The van der Waals surface area contributed by atoms with Crippen molar-refractivity contribution in [2.24, 2.45) is 0 Å². The second kappa shape index (κ2) is 10.5. The fourth-order valence-electron chi connectivity index (χ4n) is 4.20. The average molecular weight is 525 g/mol. The van der Waals surface area contributed by atoms with E-state index < -0.39 is 0 Å². The molecule has 0 aromatic heterocycles. The Bertz CT molecular complexity index is 989. The van der Waals surface area contributed by atoms with Gasteiger partial charge in [-0.3, -0.25) is 0 Å². The summed E-state index contributed by atoms with van der Waals surface area (Å²) in [4.78, 5) is 4.78. The number of rotatable bonds is 6. The van der Waals surface area contributed by atoms with Crippen molar-refractivity contribution < 1.29 is 32.7 Å². The van der Waals surface area contributed by atoms with Crippen molar-refractivity contribution in [2.45, 2.75) is 25.9 Å². The molecule has 0 N–H and O–H groups in total. The van der Waals surface area contributed by atoms with Crippen molar-refractivity contribution in [3.8, 4) is 0 Å². The van der Waals surface area contributed by atoms with Crippen LogP contribution in [-0.2, 0) is 32.7 Å². The van der Waals surface area contributed by atoms with Crippen LogP contribution in [0.4, 0.5) is 5.69 Å². The summed E-state index contributed by atoms with van der Waals surface area (Å²) in [5, 5.41) is 1.48. The molecule has 1 atom stereocenters. The molecule has 1 saturated heterocycles. The normalized spacial score (nSPS) is 15.5. The summed E-state index contributed by atoms with van der Waals surface area (Å²) in [6, 6.07) is 26.0. The minimum atomic E-state index is 0. The van der Waals surface area contributed by atoms with E-state index >= 15 is 0 Å². The van der Waals surface area contributed by atoms with Crippen molar-refractivity contribution in [1.82, 2.24) is 4.90 Å². The summed E-state index contributed by atoms with van der Waals surface area (Å²) < 4.78 is 0. The molecule has 2 nitrogen and oxygen atoms in total. The maximum Gasteiger partial charge on any atom is 0.0794 e. The van der Waals surface area contributed by atoms with Gasteiger partial charge in [-0.2, -0.15) is 23.8 Å². The van der Waals surface area contributed by atoms with Gasteiger partial charge in [-0.1, -0.05) is 66.7 Å². The summed E-state index contributed by atoms with van der Waals surface area (Å²) in [7, 11) is 0. The van der Waals surface area contributed by atoms with Crippen molar-refractivity contribution in [1.29, 1.82) is 0 Å². The Labute approximate surface area is 220 Å². The fraction of sp³-hybridized carbons (Fsp3) is 0.231. The number of hydrogen-bond acceptors (Lipinski definition) is 2. The van der Waals surface area contributed by atoms with Gasteiger partial charge < -0.3 is 9.80 Å². The SMILES string of the molecule is C=C1C(N(CC)c2c[c-]cc(C)c2)CN1C(c1ccc(Cl)cc1)c1ccc(Cl)cc1.[Y]. The van der Waals surface area contributed by atoms with E-state index in [1.807, 2.05) is 30.3 Å². The quantitative estimate of drug-likeness (QED) is 0.323. The number of likely N-dealkylation sites (N-methyl/N-ethyl adjacent to an activating group) is 1. The summed E-state index contributed by atoms with van der Waals surface area (Å²) in [5.74, 6) is 0. The van der Waals surface area contributed by atoms with Gasteiger partial charge in [0.1, 0.15) is 0 Å². The molecule has 1 fully saturated rings. The smallest absolute Gasteiger partial charge is 0.0794 e. The molecule has 1 unspecified atom stereocenters. The molecule has 0 aliphatic carbocycles. The predicted molar refractivity (Wildman–Crippen MR) is 127 cm³/mol. The van der Waals surface area contributed by atoms with E-state index in [4.69, 9.17) is 23.2 Å². The van der Waals surface area contributed by atoms with E-state index in [9.17, 15) is 0 Å². The first-order valence-electron chi connectivity index (χ1n) is 10.2. The Morgan fingerprint density at radius 3 is 2.03 bits per heavy atom. The Balaban J connectivity index is 0.00000272. The zero-order chi connectivity index (χ0) is 21.3. The van der Waals surface area contributed by atoms with E-state index in [0.717, 1.165) is 28.8 Å². The van der Waals surface area contributed by atoms with Crippen LogP contribution in [0.3, 0.4) is 0 Å². The van der Waals surface area contributed by atoms with E-state index in [1.54, 1.807) is 0 Å². The van der Waals surface area contributed by atoms with Crippen LogP contribution in [0.2, 0.25) is 10.0 Å². The first-order chi connectivity index (χ1) is 14.5. The molecule has 3 aromatic carbocycles. The summed E-state index contributed by atoms with van der Waals surface area (Å²) in [5.41, 5.74) is 5.90. The minimum Gasteiger partial charge on any atom is -0.415 e. The number of hydrogen-bond donors (Lipinski definition) is 0. The molecule has 0 bridgehead atoms. The molecule has 1 aliphatic rings. The summed E-state index contributed by atoms with van der Waals surface area (Å²) in [6.07, 6.45) is 0. The van der Waals surface area contributed by atoms with Crippen LogP contribution < -0.4 is 4.90 Å². The molecule has 4 rings (SSSR count). The van der Waals surface area contributed by atoms with Gasteiger partial charge in [-0.25, -0.2) is 0 Å². The van der Waals surface area contributed by atoms with Gasteiger partial charge >= 0.3 is 0 Å². The number of nitrogens with zero attached hydrogens (tertiary/aromatic N) is 2. The molecular formula is C26H25Cl2N2Y-. The Morgan fingerprint density at radius 1 is 1.03 bits per heavy atom. The summed E-state index contributed by atoms with van der Waals surface area (Å²) >= 11 is 12.3. The van der Waals surface area contributed by atoms with Crippen molar-refractivity contribution >= 4 is 28.9 Å². The fourth-order valence-corrected chi connectivity index (χ4v) is 4.46. The van der Waals surface area contributed by atoms with E-state index in [2.05, 4.69) is 72.7 Å². The first-order valence-corrected chi connectivity index (χ1v) is 10.9. The van der Waals surface area contributed by atoms with Gasteiger partial charge in [0.05, 0.1) is 12.1 Å². The molecule has 157 valence electrons. The largest absolute Gasteiger partial charge is 0.415 e. The van der Waals surface area contributed by atoms with Gasteiger partial charge in [0, 0.05) is 61.5 Å². The molecule has 1 heterocycles. The van der Waals surface area contributed by atoms with Crippen LogP contribution in [0.5, 0.6) is 0 Å². The zero-order valence-corrected chi connectivity index (χ0v) is 22.2. The minimum absolute atomic E-state index is 0. The number of likely N-dealkylation sites (tertiary alicyclic amines) is 1. The van der Waals surface area contributed by atoms with Crippen LogP contribution in [0.1, 0.15) is 29.7 Å².